The van der Waals surface area contributed by atoms with Crippen LogP contribution in [-0.2, 0) is 22.4 Å². The molecule has 38 heavy (non-hydrogen) atoms. The SMILES string of the molecule is CCOC(=O)c1ccc(-c2ccc(OCCCn3cc(CCN(C)[C@H]4C[C@@H](C)O[C@@H](O)C4)nn3)cc2)cc1. The van der Waals surface area contributed by atoms with Crippen LogP contribution in [0.1, 0.15) is 49.2 Å². The molecule has 2 aromatic carbocycles. The molecule has 0 unspecified atom stereocenters. The fraction of sp³-hybridized carbons (Fsp3) is 0.483. The first-order valence-corrected chi connectivity index (χ1v) is 13.3. The van der Waals surface area contributed by atoms with Gasteiger partial charge in [0.1, 0.15) is 5.75 Å². The molecule has 9 heteroatoms. The Morgan fingerprint density at radius 2 is 1.84 bits per heavy atom. The third kappa shape index (κ3) is 7.86. The summed E-state index contributed by atoms with van der Waals surface area (Å²) in [5.41, 5.74) is 3.59. The Morgan fingerprint density at radius 1 is 1.13 bits per heavy atom. The van der Waals surface area contributed by atoms with E-state index in [1.54, 1.807) is 19.1 Å². The lowest BCUT2D eigenvalue weighted by Gasteiger charge is -2.36. The predicted molar refractivity (Wildman–Crippen MR) is 144 cm³/mol. The van der Waals surface area contributed by atoms with Crippen molar-refractivity contribution >= 4 is 5.97 Å². The molecule has 0 saturated carbocycles. The van der Waals surface area contributed by atoms with Crippen molar-refractivity contribution in [3.63, 3.8) is 0 Å². The molecule has 1 aliphatic heterocycles. The van der Waals surface area contributed by atoms with Gasteiger partial charge >= 0.3 is 5.97 Å². The minimum Gasteiger partial charge on any atom is -0.494 e. The van der Waals surface area contributed by atoms with Gasteiger partial charge < -0.3 is 24.2 Å². The number of aryl methyl sites for hydroxylation is 1. The number of benzene rings is 2. The summed E-state index contributed by atoms with van der Waals surface area (Å²) in [5, 5.41) is 18.4. The van der Waals surface area contributed by atoms with E-state index < -0.39 is 6.29 Å². The highest BCUT2D eigenvalue weighted by Crippen LogP contribution is 2.24. The van der Waals surface area contributed by atoms with Gasteiger partial charge in [0, 0.05) is 44.6 Å². The largest absolute Gasteiger partial charge is 0.494 e. The number of nitrogens with zero attached hydrogens (tertiary/aromatic N) is 4. The summed E-state index contributed by atoms with van der Waals surface area (Å²) in [5.74, 6) is 0.506. The summed E-state index contributed by atoms with van der Waals surface area (Å²) >= 11 is 0. The zero-order chi connectivity index (χ0) is 26.9. The predicted octanol–water partition coefficient (Wildman–Crippen LogP) is 3.95. The second-order valence-corrected chi connectivity index (χ2v) is 9.75. The van der Waals surface area contributed by atoms with Gasteiger partial charge in [-0.05, 0) is 62.7 Å². The normalized spacial score (nSPS) is 19.4. The maximum Gasteiger partial charge on any atom is 0.338 e. The molecular weight excluding hydrogens is 484 g/mol. The average molecular weight is 523 g/mol. The number of aliphatic hydroxyl groups excluding tert-OH is 1. The minimum atomic E-state index is -0.677. The van der Waals surface area contributed by atoms with Crippen LogP contribution < -0.4 is 4.74 Å². The van der Waals surface area contributed by atoms with Crippen molar-refractivity contribution in [2.75, 3.05) is 26.8 Å². The van der Waals surface area contributed by atoms with Crippen LogP contribution in [0.4, 0.5) is 0 Å². The third-order valence-electron chi connectivity index (χ3n) is 6.78. The first-order chi connectivity index (χ1) is 18.4. The molecule has 9 nitrogen and oxygen atoms in total. The van der Waals surface area contributed by atoms with Crippen molar-refractivity contribution in [1.82, 2.24) is 19.9 Å². The van der Waals surface area contributed by atoms with Crippen molar-refractivity contribution in [3.8, 4) is 16.9 Å². The van der Waals surface area contributed by atoms with E-state index in [0.717, 1.165) is 54.9 Å². The summed E-state index contributed by atoms with van der Waals surface area (Å²) in [4.78, 5) is 14.1. The van der Waals surface area contributed by atoms with Gasteiger partial charge in [-0.2, -0.15) is 0 Å². The molecule has 4 rings (SSSR count). The summed E-state index contributed by atoms with van der Waals surface area (Å²) in [6.45, 7) is 6.34. The Bertz CT molecular complexity index is 1140. The van der Waals surface area contributed by atoms with Gasteiger partial charge in [-0.1, -0.05) is 29.5 Å². The van der Waals surface area contributed by atoms with Crippen molar-refractivity contribution in [2.45, 2.75) is 64.5 Å². The van der Waals surface area contributed by atoms with Crippen LogP contribution in [0.25, 0.3) is 11.1 Å². The Labute approximate surface area is 224 Å². The first kappa shape index (κ1) is 27.8. The maximum atomic E-state index is 11.8. The molecule has 1 aliphatic rings. The number of aromatic nitrogens is 3. The van der Waals surface area contributed by atoms with E-state index in [-0.39, 0.29) is 12.1 Å². The number of ether oxygens (including phenoxy) is 3. The molecule has 0 amide bonds. The number of rotatable bonds is 12. The van der Waals surface area contributed by atoms with Gasteiger partial charge in [-0.25, -0.2) is 4.79 Å². The van der Waals surface area contributed by atoms with Crippen LogP contribution in [0.3, 0.4) is 0 Å². The molecule has 1 saturated heterocycles. The smallest absolute Gasteiger partial charge is 0.338 e. The van der Waals surface area contributed by atoms with E-state index in [4.69, 9.17) is 14.2 Å². The van der Waals surface area contributed by atoms with Crippen LogP contribution in [0.2, 0.25) is 0 Å². The summed E-state index contributed by atoms with van der Waals surface area (Å²) < 4.78 is 18.2. The monoisotopic (exact) mass is 522 g/mol. The molecule has 0 radical (unpaired) electrons. The molecule has 0 aliphatic carbocycles. The Morgan fingerprint density at radius 3 is 2.53 bits per heavy atom. The van der Waals surface area contributed by atoms with Gasteiger partial charge in [0.25, 0.3) is 0 Å². The second kappa shape index (κ2) is 13.5. The van der Waals surface area contributed by atoms with E-state index in [9.17, 15) is 9.90 Å². The molecule has 1 aromatic heterocycles. The van der Waals surface area contributed by atoms with E-state index in [1.807, 2.05) is 54.2 Å². The van der Waals surface area contributed by atoms with Gasteiger partial charge in [0.05, 0.1) is 30.6 Å². The maximum absolute atomic E-state index is 11.8. The molecule has 1 N–H and O–H groups in total. The zero-order valence-electron chi connectivity index (χ0n) is 22.5. The lowest BCUT2D eigenvalue weighted by molar-refractivity contribution is -0.173. The van der Waals surface area contributed by atoms with E-state index >= 15 is 0 Å². The topological polar surface area (TPSA) is 98.9 Å². The van der Waals surface area contributed by atoms with E-state index in [2.05, 4.69) is 22.3 Å². The van der Waals surface area contributed by atoms with Gasteiger partial charge in [-0.3, -0.25) is 4.68 Å². The number of hydrogen-bond acceptors (Lipinski definition) is 8. The number of carbonyl (C=O) groups is 1. The highest BCUT2D eigenvalue weighted by atomic mass is 16.6. The van der Waals surface area contributed by atoms with Crippen LogP contribution in [0.5, 0.6) is 5.75 Å². The summed E-state index contributed by atoms with van der Waals surface area (Å²) in [6, 6.07) is 15.6. The van der Waals surface area contributed by atoms with Crippen molar-refractivity contribution in [3.05, 3.63) is 66.0 Å². The van der Waals surface area contributed by atoms with Crippen molar-refractivity contribution in [1.29, 1.82) is 0 Å². The molecular formula is C29H38N4O5. The number of likely N-dealkylation sites (N-methyl/N-ethyl adjacent to an activating group) is 1. The van der Waals surface area contributed by atoms with E-state index in [0.29, 0.717) is 31.2 Å². The minimum absolute atomic E-state index is 0.0729. The average Bonchev–Trinajstić information content (AvgIpc) is 3.37. The summed E-state index contributed by atoms with van der Waals surface area (Å²) in [6.07, 6.45) is 4.59. The first-order valence-electron chi connectivity index (χ1n) is 13.3. The zero-order valence-corrected chi connectivity index (χ0v) is 22.5. The van der Waals surface area contributed by atoms with Crippen molar-refractivity contribution in [2.24, 2.45) is 0 Å². The third-order valence-corrected chi connectivity index (χ3v) is 6.78. The van der Waals surface area contributed by atoms with Crippen LogP contribution in [-0.4, -0.2) is 76.2 Å². The van der Waals surface area contributed by atoms with E-state index in [1.165, 1.54) is 0 Å². The van der Waals surface area contributed by atoms with Gasteiger partial charge in [0.15, 0.2) is 6.29 Å². The molecule has 0 spiro atoms. The molecule has 204 valence electrons. The quantitative estimate of drug-likeness (QED) is 0.282. The number of carbonyl (C=O) groups excluding carboxylic acids is 1. The number of aliphatic hydroxyl groups is 1. The highest BCUT2D eigenvalue weighted by molar-refractivity contribution is 5.90. The fourth-order valence-electron chi connectivity index (χ4n) is 4.66. The van der Waals surface area contributed by atoms with Gasteiger partial charge in [-0.15, -0.1) is 5.10 Å². The molecule has 3 aromatic rings. The highest BCUT2D eigenvalue weighted by Gasteiger charge is 2.28. The Hall–Kier alpha value is -3.27. The number of hydrogen-bond donors (Lipinski definition) is 1. The molecule has 0 bridgehead atoms. The van der Waals surface area contributed by atoms with Gasteiger partial charge in [0.2, 0.25) is 0 Å². The van der Waals surface area contributed by atoms with Crippen LogP contribution in [0, 0.1) is 0 Å². The molecule has 1 fully saturated rings. The summed E-state index contributed by atoms with van der Waals surface area (Å²) in [7, 11) is 2.09. The lowest BCUT2D eigenvalue weighted by Crippen LogP contribution is -2.43. The molecule has 3 atom stereocenters. The fourth-order valence-corrected chi connectivity index (χ4v) is 4.66. The Balaban J connectivity index is 1.16. The lowest BCUT2D eigenvalue weighted by atomic mass is 10.0. The number of esters is 1. The van der Waals surface area contributed by atoms with Crippen LogP contribution in [0.15, 0.2) is 54.7 Å². The Kier molecular flexibility index (Phi) is 9.86. The second-order valence-electron chi connectivity index (χ2n) is 9.75. The standard InChI is InChI=1S/C29H38N4O5/c1-4-36-29(35)24-8-6-22(7-9-24)23-10-12-27(13-11-23)37-17-5-15-33-20-25(30-31-33)14-16-32(3)26-18-21(2)38-28(34)19-26/h6-13,20-21,26,28,34H,4-5,14-19H2,1-3H3/t21-,26+,28-/m1/s1. The van der Waals surface area contributed by atoms with Crippen molar-refractivity contribution < 1.29 is 24.1 Å². The molecule has 2 heterocycles. The van der Waals surface area contributed by atoms with Crippen LogP contribution >= 0.6 is 0 Å².